The monoisotopic (exact) mass is 276 g/mol. The summed E-state index contributed by atoms with van der Waals surface area (Å²) in [6.45, 7) is 4.16. The lowest BCUT2D eigenvalue weighted by Gasteiger charge is -2.16. The Morgan fingerprint density at radius 3 is 2.65 bits per heavy atom. The van der Waals surface area contributed by atoms with E-state index in [0.29, 0.717) is 18.6 Å². The number of rotatable bonds is 4. The molecule has 0 radical (unpaired) electrons. The van der Waals surface area contributed by atoms with Crippen molar-refractivity contribution >= 4 is 5.97 Å². The molecule has 0 bridgehead atoms. The Balaban J connectivity index is 2.14. The first-order chi connectivity index (χ1) is 9.50. The Kier molecular flexibility index (Phi) is 4.57. The number of hydrogen-bond acceptors (Lipinski definition) is 4. The molecule has 4 nitrogen and oxygen atoms in total. The van der Waals surface area contributed by atoms with Crippen LogP contribution in [0.4, 0.5) is 0 Å². The normalized spacial score (nSPS) is 21.8. The standard InChI is InChI=1S/C16H20O4/c1-16(2)19-11-14(20-16)10-13(15(17)18-3)9-12-7-5-4-6-8-12/h4-8,10,14H,9,11H2,1-3H3/b13-10-/t14-/m0/s1. The van der Waals surface area contributed by atoms with Crippen molar-refractivity contribution in [3.63, 3.8) is 0 Å². The highest BCUT2D eigenvalue weighted by Crippen LogP contribution is 2.24. The number of benzene rings is 1. The molecule has 0 aliphatic carbocycles. The molecule has 4 heteroatoms. The molecule has 1 saturated heterocycles. The van der Waals surface area contributed by atoms with Gasteiger partial charge in [-0.1, -0.05) is 30.3 Å². The summed E-state index contributed by atoms with van der Waals surface area (Å²) in [7, 11) is 1.39. The molecule has 20 heavy (non-hydrogen) atoms. The maximum atomic E-state index is 11.9. The summed E-state index contributed by atoms with van der Waals surface area (Å²) in [5.41, 5.74) is 1.65. The minimum atomic E-state index is -0.602. The van der Waals surface area contributed by atoms with Crippen molar-refractivity contribution in [1.29, 1.82) is 0 Å². The molecular weight excluding hydrogens is 256 g/mol. The van der Waals surface area contributed by atoms with E-state index in [1.54, 1.807) is 6.08 Å². The average Bonchev–Trinajstić information content (AvgIpc) is 2.77. The van der Waals surface area contributed by atoms with Crippen molar-refractivity contribution < 1.29 is 19.0 Å². The van der Waals surface area contributed by atoms with Gasteiger partial charge < -0.3 is 14.2 Å². The summed E-state index contributed by atoms with van der Waals surface area (Å²) in [5.74, 6) is -0.933. The summed E-state index contributed by atoms with van der Waals surface area (Å²) in [4.78, 5) is 11.9. The minimum absolute atomic E-state index is 0.220. The molecule has 1 aromatic rings. The zero-order valence-corrected chi connectivity index (χ0v) is 12.1. The predicted octanol–water partition coefficient (Wildman–Crippen LogP) is 2.48. The second kappa shape index (κ2) is 6.20. The van der Waals surface area contributed by atoms with Gasteiger partial charge in [-0.2, -0.15) is 0 Å². The van der Waals surface area contributed by atoms with Gasteiger partial charge in [-0.3, -0.25) is 0 Å². The predicted molar refractivity (Wildman–Crippen MR) is 75.1 cm³/mol. The third-order valence-corrected chi connectivity index (χ3v) is 3.10. The molecule has 0 aromatic heterocycles. The van der Waals surface area contributed by atoms with Crippen LogP contribution in [0.25, 0.3) is 0 Å². The van der Waals surface area contributed by atoms with E-state index in [2.05, 4.69) is 0 Å². The van der Waals surface area contributed by atoms with Crippen molar-refractivity contribution in [2.75, 3.05) is 13.7 Å². The minimum Gasteiger partial charge on any atom is -0.466 e. The summed E-state index contributed by atoms with van der Waals surface area (Å²) < 4.78 is 16.0. The van der Waals surface area contributed by atoms with Crippen LogP contribution in [0.15, 0.2) is 42.0 Å². The van der Waals surface area contributed by atoms with Crippen LogP contribution in [0.5, 0.6) is 0 Å². The second-order valence-corrected chi connectivity index (χ2v) is 5.21. The van der Waals surface area contributed by atoms with Gasteiger partial charge in [0.15, 0.2) is 5.79 Å². The van der Waals surface area contributed by atoms with Gasteiger partial charge in [0.2, 0.25) is 0 Å². The Bertz CT molecular complexity index is 490. The Morgan fingerprint density at radius 2 is 2.10 bits per heavy atom. The first-order valence-corrected chi connectivity index (χ1v) is 6.65. The molecule has 0 saturated carbocycles. The molecule has 1 aromatic carbocycles. The quantitative estimate of drug-likeness (QED) is 0.626. The van der Waals surface area contributed by atoms with Gasteiger partial charge in [0, 0.05) is 12.0 Å². The Hall–Kier alpha value is -1.65. The first kappa shape index (κ1) is 14.8. The highest BCUT2D eigenvalue weighted by Gasteiger charge is 2.32. The van der Waals surface area contributed by atoms with Crippen LogP contribution in [-0.2, 0) is 25.4 Å². The molecule has 2 rings (SSSR count). The van der Waals surface area contributed by atoms with E-state index in [9.17, 15) is 4.79 Å². The van der Waals surface area contributed by atoms with Crippen molar-refractivity contribution in [2.45, 2.75) is 32.2 Å². The maximum Gasteiger partial charge on any atom is 0.333 e. The van der Waals surface area contributed by atoms with Gasteiger partial charge in [0.25, 0.3) is 0 Å². The van der Waals surface area contributed by atoms with Crippen molar-refractivity contribution in [2.24, 2.45) is 0 Å². The van der Waals surface area contributed by atoms with Gasteiger partial charge in [0.05, 0.1) is 13.7 Å². The van der Waals surface area contributed by atoms with Crippen LogP contribution >= 0.6 is 0 Å². The number of esters is 1. The average molecular weight is 276 g/mol. The Labute approximate surface area is 119 Å². The molecular formula is C16H20O4. The van der Waals surface area contributed by atoms with E-state index >= 15 is 0 Å². The zero-order valence-electron chi connectivity index (χ0n) is 12.1. The van der Waals surface area contributed by atoms with E-state index < -0.39 is 5.79 Å². The number of carbonyl (C=O) groups excluding carboxylic acids is 1. The molecule has 1 aliphatic rings. The van der Waals surface area contributed by atoms with Gasteiger partial charge >= 0.3 is 5.97 Å². The van der Waals surface area contributed by atoms with Crippen LogP contribution in [0.3, 0.4) is 0 Å². The SMILES string of the molecule is COC(=O)/C(=C\[C@H]1COC(C)(C)O1)Cc1ccccc1. The second-order valence-electron chi connectivity index (χ2n) is 5.21. The number of methoxy groups -OCH3 is 1. The molecule has 0 amide bonds. The van der Waals surface area contributed by atoms with Gasteiger partial charge in [-0.25, -0.2) is 4.79 Å². The molecule has 0 N–H and O–H groups in total. The first-order valence-electron chi connectivity index (χ1n) is 6.65. The van der Waals surface area contributed by atoms with Crippen molar-refractivity contribution in [3.8, 4) is 0 Å². The van der Waals surface area contributed by atoms with E-state index in [1.165, 1.54) is 7.11 Å². The Morgan fingerprint density at radius 1 is 1.40 bits per heavy atom. The number of ether oxygens (including phenoxy) is 3. The maximum absolute atomic E-state index is 11.9. The van der Waals surface area contributed by atoms with Crippen LogP contribution in [0, 0.1) is 0 Å². The van der Waals surface area contributed by atoms with Crippen LogP contribution < -0.4 is 0 Å². The van der Waals surface area contributed by atoms with Crippen molar-refractivity contribution in [1.82, 2.24) is 0 Å². The number of carbonyl (C=O) groups is 1. The summed E-state index contributed by atoms with van der Waals surface area (Å²) >= 11 is 0. The lowest BCUT2D eigenvalue weighted by Crippen LogP contribution is -2.21. The molecule has 0 spiro atoms. The molecule has 0 unspecified atom stereocenters. The summed E-state index contributed by atoms with van der Waals surface area (Å²) in [5, 5.41) is 0. The summed E-state index contributed by atoms with van der Waals surface area (Å²) in [6.07, 6.45) is 2.10. The van der Waals surface area contributed by atoms with Gasteiger partial charge in [-0.05, 0) is 25.5 Å². The van der Waals surface area contributed by atoms with Crippen LogP contribution in [-0.4, -0.2) is 31.6 Å². The lowest BCUT2D eigenvalue weighted by atomic mass is 10.0. The van der Waals surface area contributed by atoms with Crippen LogP contribution in [0.1, 0.15) is 19.4 Å². The van der Waals surface area contributed by atoms with Gasteiger partial charge in [0.1, 0.15) is 6.10 Å². The summed E-state index contributed by atoms with van der Waals surface area (Å²) in [6, 6.07) is 9.80. The fraction of sp³-hybridized carbons (Fsp3) is 0.438. The third-order valence-electron chi connectivity index (χ3n) is 3.10. The highest BCUT2D eigenvalue weighted by atomic mass is 16.7. The molecule has 1 heterocycles. The van der Waals surface area contributed by atoms with E-state index in [-0.39, 0.29) is 12.1 Å². The lowest BCUT2D eigenvalue weighted by molar-refractivity contribution is -0.137. The molecule has 1 aliphatic heterocycles. The van der Waals surface area contributed by atoms with Crippen molar-refractivity contribution in [3.05, 3.63) is 47.5 Å². The van der Waals surface area contributed by atoms with E-state index in [4.69, 9.17) is 14.2 Å². The zero-order chi connectivity index (χ0) is 14.6. The van der Waals surface area contributed by atoms with Crippen LogP contribution in [0.2, 0.25) is 0 Å². The smallest absolute Gasteiger partial charge is 0.333 e. The highest BCUT2D eigenvalue weighted by molar-refractivity contribution is 5.89. The number of hydrogen-bond donors (Lipinski definition) is 0. The molecule has 1 atom stereocenters. The fourth-order valence-electron chi connectivity index (χ4n) is 2.17. The van der Waals surface area contributed by atoms with E-state index in [0.717, 1.165) is 5.56 Å². The third kappa shape index (κ3) is 3.92. The molecule has 1 fully saturated rings. The fourth-order valence-corrected chi connectivity index (χ4v) is 2.17. The molecule has 108 valence electrons. The largest absolute Gasteiger partial charge is 0.466 e. The topological polar surface area (TPSA) is 44.8 Å². The van der Waals surface area contributed by atoms with Gasteiger partial charge in [-0.15, -0.1) is 0 Å². The van der Waals surface area contributed by atoms with E-state index in [1.807, 2.05) is 44.2 Å².